The second-order valence-electron chi connectivity index (χ2n) is 4.59. The minimum absolute atomic E-state index is 0.323. The van der Waals surface area contributed by atoms with Gasteiger partial charge in [0, 0.05) is 10.6 Å². The van der Waals surface area contributed by atoms with E-state index in [1.54, 1.807) is 0 Å². The molecule has 2 aromatic carbocycles. The lowest BCUT2D eigenvalue weighted by Crippen LogP contribution is -1.90. The Labute approximate surface area is 122 Å². The Morgan fingerprint density at radius 2 is 1.75 bits per heavy atom. The molecule has 3 aromatic rings. The van der Waals surface area contributed by atoms with Crippen molar-refractivity contribution >= 4 is 17.5 Å². The molecule has 1 heterocycles. The van der Waals surface area contributed by atoms with Crippen molar-refractivity contribution in [3.63, 3.8) is 0 Å². The Morgan fingerprint density at radius 3 is 2.45 bits per heavy atom. The van der Waals surface area contributed by atoms with E-state index in [0.717, 1.165) is 27.9 Å². The van der Waals surface area contributed by atoms with Gasteiger partial charge >= 0.3 is 0 Å². The molecule has 0 aliphatic heterocycles. The normalized spacial score (nSPS) is 10.7. The summed E-state index contributed by atoms with van der Waals surface area (Å²) in [4.78, 5) is 0. The fourth-order valence-electron chi connectivity index (χ4n) is 2.22. The lowest BCUT2D eigenvalue weighted by Gasteiger charge is -2.06. The van der Waals surface area contributed by atoms with Gasteiger partial charge in [0.1, 0.15) is 5.69 Å². The Bertz CT molecular complexity index is 747. The largest absolute Gasteiger partial charge is 0.367 e. The number of hydrogen-bond donors (Lipinski definition) is 1. The van der Waals surface area contributed by atoms with E-state index in [0.29, 0.717) is 10.9 Å². The highest BCUT2D eigenvalue weighted by atomic mass is 35.5. The summed E-state index contributed by atoms with van der Waals surface area (Å²) in [5, 5.41) is 4.77. The molecule has 20 heavy (non-hydrogen) atoms. The molecule has 4 heteroatoms. The maximum absolute atomic E-state index is 5.95. The van der Waals surface area contributed by atoms with Crippen molar-refractivity contribution in [3.05, 3.63) is 59.1 Å². The predicted molar refractivity (Wildman–Crippen MR) is 81.5 cm³/mol. The van der Waals surface area contributed by atoms with Crippen LogP contribution in [0.2, 0.25) is 5.02 Å². The highest BCUT2D eigenvalue weighted by Gasteiger charge is 2.18. The Hall–Kier alpha value is -2.26. The van der Waals surface area contributed by atoms with Gasteiger partial charge in [-0.05, 0) is 30.2 Å². The van der Waals surface area contributed by atoms with Crippen molar-refractivity contribution in [1.29, 1.82) is 0 Å². The molecule has 0 bridgehead atoms. The number of nitrogens with two attached hydrogens (primary N) is 1. The minimum Gasteiger partial charge on any atom is -0.367 e. The van der Waals surface area contributed by atoms with E-state index in [2.05, 4.69) is 5.16 Å². The topological polar surface area (TPSA) is 52.0 Å². The van der Waals surface area contributed by atoms with Crippen LogP contribution in [-0.4, -0.2) is 5.16 Å². The highest BCUT2D eigenvalue weighted by Crippen LogP contribution is 2.37. The summed E-state index contributed by atoms with van der Waals surface area (Å²) in [7, 11) is 0. The van der Waals surface area contributed by atoms with Crippen LogP contribution in [-0.2, 0) is 0 Å². The van der Waals surface area contributed by atoms with E-state index in [-0.39, 0.29) is 0 Å². The standard InChI is InChI=1S/C16H13ClN2O/c1-10-4-2-3-5-13(10)14-15(19-20-16(14)18)11-6-8-12(17)9-7-11/h2-9H,18H2,1H3. The van der Waals surface area contributed by atoms with Gasteiger partial charge in [-0.25, -0.2) is 0 Å². The van der Waals surface area contributed by atoms with Gasteiger partial charge in [0.15, 0.2) is 0 Å². The maximum atomic E-state index is 5.95. The fourth-order valence-corrected chi connectivity index (χ4v) is 2.35. The van der Waals surface area contributed by atoms with Crippen LogP contribution >= 0.6 is 11.6 Å². The molecular formula is C16H13ClN2O. The van der Waals surface area contributed by atoms with Crippen molar-refractivity contribution in [3.8, 4) is 22.4 Å². The van der Waals surface area contributed by atoms with E-state index >= 15 is 0 Å². The molecule has 0 fully saturated rings. The fraction of sp³-hybridized carbons (Fsp3) is 0.0625. The molecule has 0 aliphatic rings. The maximum Gasteiger partial charge on any atom is 0.230 e. The van der Waals surface area contributed by atoms with E-state index in [1.807, 2.05) is 55.5 Å². The Balaban J connectivity index is 2.20. The van der Waals surface area contributed by atoms with E-state index < -0.39 is 0 Å². The van der Waals surface area contributed by atoms with Crippen LogP contribution in [0.25, 0.3) is 22.4 Å². The number of anilines is 1. The van der Waals surface area contributed by atoms with Gasteiger partial charge < -0.3 is 10.3 Å². The van der Waals surface area contributed by atoms with Crippen molar-refractivity contribution in [1.82, 2.24) is 5.16 Å². The third kappa shape index (κ3) is 2.17. The predicted octanol–water partition coefficient (Wildman–Crippen LogP) is 4.55. The van der Waals surface area contributed by atoms with Crippen LogP contribution in [0.5, 0.6) is 0 Å². The number of nitrogen functional groups attached to an aromatic ring is 1. The second kappa shape index (κ2) is 5.02. The van der Waals surface area contributed by atoms with Gasteiger partial charge in [-0.2, -0.15) is 0 Å². The molecule has 0 amide bonds. The molecular weight excluding hydrogens is 272 g/mol. The lowest BCUT2D eigenvalue weighted by atomic mass is 9.97. The highest BCUT2D eigenvalue weighted by molar-refractivity contribution is 6.30. The van der Waals surface area contributed by atoms with Crippen molar-refractivity contribution in [2.75, 3.05) is 5.73 Å². The van der Waals surface area contributed by atoms with Crippen LogP contribution in [0.3, 0.4) is 0 Å². The molecule has 0 saturated carbocycles. The summed E-state index contributed by atoms with van der Waals surface area (Å²) in [6.45, 7) is 2.04. The summed E-state index contributed by atoms with van der Waals surface area (Å²) in [5.74, 6) is 0.323. The van der Waals surface area contributed by atoms with Crippen LogP contribution in [0, 0.1) is 6.92 Å². The first kappa shape index (κ1) is 12.8. The Morgan fingerprint density at radius 1 is 1.05 bits per heavy atom. The molecule has 0 radical (unpaired) electrons. The molecule has 0 aliphatic carbocycles. The van der Waals surface area contributed by atoms with Crippen molar-refractivity contribution in [2.24, 2.45) is 0 Å². The number of rotatable bonds is 2. The monoisotopic (exact) mass is 284 g/mol. The molecule has 2 N–H and O–H groups in total. The van der Waals surface area contributed by atoms with Gasteiger partial charge in [-0.3, -0.25) is 0 Å². The third-order valence-electron chi connectivity index (χ3n) is 3.25. The zero-order valence-electron chi connectivity index (χ0n) is 10.9. The quantitative estimate of drug-likeness (QED) is 0.751. The Kier molecular flexibility index (Phi) is 3.20. The van der Waals surface area contributed by atoms with Gasteiger partial charge in [0.2, 0.25) is 5.88 Å². The second-order valence-corrected chi connectivity index (χ2v) is 5.03. The van der Waals surface area contributed by atoms with Crippen molar-refractivity contribution < 1.29 is 4.52 Å². The summed E-state index contributed by atoms with van der Waals surface area (Å²) in [6.07, 6.45) is 0. The van der Waals surface area contributed by atoms with Crippen LogP contribution in [0.15, 0.2) is 53.1 Å². The number of benzene rings is 2. The lowest BCUT2D eigenvalue weighted by molar-refractivity contribution is 0.439. The average molecular weight is 285 g/mol. The van der Waals surface area contributed by atoms with Crippen molar-refractivity contribution in [2.45, 2.75) is 6.92 Å². The number of aryl methyl sites for hydroxylation is 1. The summed E-state index contributed by atoms with van der Waals surface area (Å²) in [5.41, 5.74) is 10.6. The number of halogens is 1. The summed E-state index contributed by atoms with van der Waals surface area (Å²) in [6, 6.07) is 15.5. The SMILES string of the molecule is Cc1ccccc1-c1c(-c2ccc(Cl)cc2)noc1N. The first-order valence-corrected chi connectivity index (χ1v) is 6.61. The molecule has 100 valence electrons. The van der Waals surface area contributed by atoms with Crippen LogP contribution in [0.4, 0.5) is 5.88 Å². The van der Waals surface area contributed by atoms with E-state index in [4.69, 9.17) is 21.9 Å². The summed E-state index contributed by atoms with van der Waals surface area (Å²) < 4.78 is 5.18. The zero-order valence-corrected chi connectivity index (χ0v) is 11.7. The van der Waals surface area contributed by atoms with E-state index in [9.17, 15) is 0 Å². The molecule has 1 aromatic heterocycles. The molecule has 3 rings (SSSR count). The number of aromatic nitrogens is 1. The molecule has 0 saturated heterocycles. The van der Waals surface area contributed by atoms with Crippen LogP contribution in [0.1, 0.15) is 5.56 Å². The number of nitrogens with zero attached hydrogens (tertiary/aromatic N) is 1. The minimum atomic E-state index is 0.323. The molecule has 0 unspecified atom stereocenters. The summed E-state index contributed by atoms with van der Waals surface area (Å²) >= 11 is 5.92. The van der Waals surface area contributed by atoms with Gasteiger partial charge in [0.25, 0.3) is 0 Å². The molecule has 0 spiro atoms. The first-order chi connectivity index (χ1) is 9.66. The van der Waals surface area contributed by atoms with E-state index in [1.165, 1.54) is 0 Å². The van der Waals surface area contributed by atoms with Gasteiger partial charge in [-0.15, -0.1) is 0 Å². The number of hydrogen-bond acceptors (Lipinski definition) is 3. The first-order valence-electron chi connectivity index (χ1n) is 6.24. The molecule has 0 atom stereocenters. The van der Waals surface area contributed by atoms with Gasteiger partial charge in [-0.1, -0.05) is 53.2 Å². The average Bonchev–Trinajstić information content (AvgIpc) is 2.82. The van der Waals surface area contributed by atoms with Gasteiger partial charge in [0.05, 0.1) is 5.56 Å². The zero-order chi connectivity index (χ0) is 14.1. The van der Waals surface area contributed by atoms with Crippen LogP contribution < -0.4 is 5.73 Å². The third-order valence-corrected chi connectivity index (χ3v) is 3.50. The smallest absolute Gasteiger partial charge is 0.230 e. The molecule has 3 nitrogen and oxygen atoms in total.